The smallest absolute Gasteiger partial charge is 0.165 e. The van der Waals surface area contributed by atoms with Crippen molar-refractivity contribution < 1.29 is 0 Å². The monoisotopic (exact) mass is 806 g/mol. The lowest BCUT2D eigenvalue weighted by Gasteiger charge is -2.10. The first-order valence-electron chi connectivity index (χ1n) is 19.4. The van der Waals surface area contributed by atoms with Gasteiger partial charge in [-0.05, 0) is 64.7 Å². The van der Waals surface area contributed by atoms with Crippen molar-refractivity contribution in [2.24, 2.45) is 0 Å². The van der Waals surface area contributed by atoms with Crippen LogP contribution in [0.1, 0.15) is 0 Å². The molecule has 0 aliphatic carbocycles. The van der Waals surface area contributed by atoms with E-state index < -0.39 is 0 Å². The number of aromatic nitrogens is 4. The Labute approximate surface area is 351 Å². The maximum atomic E-state index is 5.15. The Hall–Kier alpha value is -6.90. The Balaban J connectivity index is 0.916. The van der Waals surface area contributed by atoms with Gasteiger partial charge in [-0.1, -0.05) is 140 Å². The topological polar surface area (TPSA) is 51.6 Å². The highest BCUT2D eigenvalue weighted by atomic mass is 32.1. The molecule has 4 heterocycles. The van der Waals surface area contributed by atoms with Crippen molar-refractivity contribution in [1.29, 1.82) is 0 Å². The third-order valence-corrected chi connectivity index (χ3v) is 14.5. The van der Waals surface area contributed by atoms with Crippen LogP contribution in [0.15, 0.2) is 182 Å². The Kier molecular flexibility index (Phi) is 8.04. The van der Waals surface area contributed by atoms with Crippen molar-refractivity contribution in [2.45, 2.75) is 0 Å². The minimum Gasteiger partial charge on any atom is -0.236 e. The highest BCUT2D eigenvalue weighted by Crippen LogP contribution is 2.43. The fourth-order valence-corrected chi connectivity index (χ4v) is 11.5. The first-order chi connectivity index (χ1) is 29.2. The summed E-state index contributed by atoms with van der Waals surface area (Å²) in [7, 11) is 0. The van der Waals surface area contributed by atoms with E-state index >= 15 is 0 Å². The van der Waals surface area contributed by atoms with Gasteiger partial charge in [0.2, 0.25) is 0 Å². The van der Waals surface area contributed by atoms with Gasteiger partial charge < -0.3 is 0 Å². The lowest BCUT2D eigenvalue weighted by Crippen LogP contribution is -2.00. The van der Waals surface area contributed by atoms with E-state index in [1.165, 1.54) is 61.7 Å². The maximum Gasteiger partial charge on any atom is 0.165 e. The first kappa shape index (κ1) is 34.2. The number of fused-ring (bicyclic) bond motifs is 7. The average Bonchev–Trinajstić information content (AvgIpc) is 4.03. The predicted molar refractivity (Wildman–Crippen MR) is 251 cm³/mol. The third-order valence-electron chi connectivity index (χ3n) is 11.0. The van der Waals surface area contributed by atoms with Crippen molar-refractivity contribution in [2.75, 3.05) is 0 Å². The molecule has 4 aromatic heterocycles. The fraction of sp³-hybridized carbons (Fsp3) is 0. The normalized spacial score (nSPS) is 11.7. The van der Waals surface area contributed by atoms with Crippen LogP contribution < -0.4 is 0 Å². The zero-order valence-corrected chi connectivity index (χ0v) is 33.8. The van der Waals surface area contributed by atoms with Crippen molar-refractivity contribution in [1.82, 2.24) is 19.9 Å². The summed E-state index contributed by atoms with van der Waals surface area (Å²) in [5.74, 6) is 1.98. The van der Waals surface area contributed by atoms with Gasteiger partial charge in [0.25, 0.3) is 0 Å². The lowest BCUT2D eigenvalue weighted by atomic mass is 9.99. The summed E-state index contributed by atoms with van der Waals surface area (Å²) in [6, 6.07) is 64.5. The first-order valence-corrected chi connectivity index (χ1v) is 21.9. The van der Waals surface area contributed by atoms with Crippen LogP contribution in [0.2, 0.25) is 0 Å². The number of benzene rings is 8. The molecule has 0 saturated heterocycles. The standard InChI is InChI=1S/C52H30N4S3/c1-2-11-32(12-3-1)49-54-50(56-51(55-49)41-19-10-17-39-38-15-4-6-21-44(38)57-48(39)41)33-25-23-31(24-26-33)37-16-9-18-40-42-30-35(27-28-45(42)58-47(37)40)34-13-8-14-36(29-34)52-53-43-20-5-7-22-46(43)59-52/h1-30H. The Morgan fingerprint density at radius 1 is 0.288 bits per heavy atom. The number of hydrogen-bond acceptors (Lipinski definition) is 7. The molecule has 0 aliphatic heterocycles. The molecule has 12 rings (SSSR count). The van der Waals surface area contributed by atoms with Gasteiger partial charge >= 0.3 is 0 Å². The minimum absolute atomic E-state index is 0.651. The molecule has 0 spiro atoms. The van der Waals surface area contributed by atoms with E-state index in [0.29, 0.717) is 17.5 Å². The fourth-order valence-electron chi connectivity index (χ4n) is 8.10. The number of hydrogen-bond donors (Lipinski definition) is 0. The molecule has 0 bridgehead atoms. The molecule has 276 valence electrons. The van der Waals surface area contributed by atoms with Crippen LogP contribution in [-0.4, -0.2) is 19.9 Å². The van der Waals surface area contributed by atoms with Gasteiger partial charge in [-0.2, -0.15) is 0 Å². The molecule has 0 unspecified atom stereocenters. The molecular weight excluding hydrogens is 777 g/mol. The molecule has 12 aromatic rings. The second kappa shape index (κ2) is 13.9. The summed E-state index contributed by atoms with van der Waals surface area (Å²) in [5, 5.41) is 6.05. The van der Waals surface area contributed by atoms with Gasteiger partial charge in [-0.15, -0.1) is 34.0 Å². The summed E-state index contributed by atoms with van der Waals surface area (Å²) in [6.07, 6.45) is 0. The molecule has 0 saturated carbocycles. The second-order valence-corrected chi connectivity index (χ2v) is 17.7. The molecular formula is C52H30N4S3. The van der Waals surface area contributed by atoms with E-state index in [2.05, 4.69) is 158 Å². The van der Waals surface area contributed by atoms with E-state index in [9.17, 15) is 0 Å². The number of nitrogens with zero attached hydrogens (tertiary/aromatic N) is 4. The van der Waals surface area contributed by atoms with Gasteiger partial charge in [0.05, 0.1) is 10.2 Å². The van der Waals surface area contributed by atoms with Crippen LogP contribution in [0.5, 0.6) is 0 Å². The summed E-state index contributed by atoms with van der Waals surface area (Å²) in [4.78, 5) is 20.2. The summed E-state index contributed by atoms with van der Waals surface area (Å²) < 4.78 is 6.19. The van der Waals surface area contributed by atoms with Crippen molar-refractivity contribution >= 4 is 84.6 Å². The van der Waals surface area contributed by atoms with Crippen molar-refractivity contribution in [3.8, 4) is 67.0 Å². The van der Waals surface area contributed by atoms with E-state index in [1.807, 2.05) is 35.6 Å². The van der Waals surface area contributed by atoms with Gasteiger partial charge in [-0.3, -0.25) is 0 Å². The third kappa shape index (κ3) is 5.93. The molecule has 0 fully saturated rings. The molecule has 0 aliphatic rings. The van der Waals surface area contributed by atoms with Gasteiger partial charge in [0, 0.05) is 62.6 Å². The molecule has 4 nitrogen and oxygen atoms in total. The van der Waals surface area contributed by atoms with Crippen molar-refractivity contribution in [3.63, 3.8) is 0 Å². The quantitative estimate of drug-likeness (QED) is 0.168. The van der Waals surface area contributed by atoms with Gasteiger partial charge in [0.15, 0.2) is 17.5 Å². The number of thiazole rings is 1. The molecule has 0 N–H and O–H groups in total. The maximum absolute atomic E-state index is 5.15. The predicted octanol–water partition coefficient (Wildman–Crippen LogP) is 15.2. The molecule has 59 heavy (non-hydrogen) atoms. The lowest BCUT2D eigenvalue weighted by molar-refractivity contribution is 1.08. The minimum atomic E-state index is 0.651. The molecule has 0 amide bonds. The highest BCUT2D eigenvalue weighted by molar-refractivity contribution is 7.26. The largest absolute Gasteiger partial charge is 0.236 e. The Morgan fingerprint density at radius 2 is 0.831 bits per heavy atom. The van der Waals surface area contributed by atoms with Crippen LogP contribution in [-0.2, 0) is 0 Å². The van der Waals surface area contributed by atoms with E-state index in [-0.39, 0.29) is 0 Å². The summed E-state index contributed by atoms with van der Waals surface area (Å²) >= 11 is 5.38. The highest BCUT2D eigenvalue weighted by Gasteiger charge is 2.18. The van der Waals surface area contributed by atoms with E-state index in [4.69, 9.17) is 19.9 Å². The second-order valence-electron chi connectivity index (χ2n) is 14.6. The van der Waals surface area contributed by atoms with Crippen LogP contribution in [0.25, 0.3) is 118 Å². The van der Waals surface area contributed by atoms with Crippen LogP contribution in [0.3, 0.4) is 0 Å². The van der Waals surface area contributed by atoms with Crippen molar-refractivity contribution in [3.05, 3.63) is 182 Å². The molecule has 8 aromatic carbocycles. The summed E-state index contributed by atoms with van der Waals surface area (Å²) in [5.41, 5.74) is 9.86. The van der Waals surface area contributed by atoms with E-state index in [0.717, 1.165) is 38.3 Å². The van der Waals surface area contributed by atoms with Crippen LogP contribution in [0.4, 0.5) is 0 Å². The van der Waals surface area contributed by atoms with Gasteiger partial charge in [0.1, 0.15) is 5.01 Å². The SMILES string of the molecule is c1ccc(-c2nc(-c3ccc(-c4cccc5c4sc4ccc(-c6cccc(-c7nc8ccccc8s7)c6)cc45)cc3)nc(-c3cccc4c3sc3ccccc34)n2)cc1. The molecule has 0 radical (unpaired) electrons. The zero-order chi connectivity index (χ0) is 38.9. The number of thiophene rings is 2. The number of para-hydroxylation sites is 1. The zero-order valence-electron chi connectivity index (χ0n) is 31.3. The van der Waals surface area contributed by atoms with E-state index in [1.54, 1.807) is 22.7 Å². The van der Waals surface area contributed by atoms with Crippen LogP contribution >= 0.6 is 34.0 Å². The van der Waals surface area contributed by atoms with Crippen LogP contribution in [0, 0.1) is 0 Å². The average molecular weight is 807 g/mol. The Bertz CT molecular complexity index is 3530. The summed E-state index contributed by atoms with van der Waals surface area (Å²) in [6.45, 7) is 0. The van der Waals surface area contributed by atoms with Gasteiger partial charge in [-0.25, -0.2) is 19.9 Å². The Morgan fingerprint density at radius 3 is 1.64 bits per heavy atom. The number of rotatable bonds is 6. The molecule has 0 atom stereocenters. The molecule has 7 heteroatoms.